The normalized spacial score (nSPS) is 17.4. The number of ether oxygens (including phenoxy) is 2. The van der Waals surface area contributed by atoms with Crippen molar-refractivity contribution in [2.45, 2.75) is 65.7 Å². The largest absolute Gasteiger partial charge is 0.444 e. The van der Waals surface area contributed by atoms with Crippen LogP contribution in [-0.2, 0) is 9.47 Å². The third-order valence-electron chi connectivity index (χ3n) is 3.89. The first kappa shape index (κ1) is 22.8. The molecule has 8 heteroatoms. The molecule has 2 heterocycles. The number of nitrogens with one attached hydrogen (secondary N) is 1. The fourth-order valence-corrected chi connectivity index (χ4v) is 2.59. The summed E-state index contributed by atoms with van der Waals surface area (Å²) in [6.07, 6.45) is 0.923. The highest BCUT2D eigenvalue weighted by atomic mass is 16.6. The van der Waals surface area contributed by atoms with Gasteiger partial charge in [0.25, 0.3) is 0 Å². The molecule has 1 atom stereocenters. The Balaban J connectivity index is 0.00000176. The van der Waals surface area contributed by atoms with E-state index in [-0.39, 0.29) is 11.9 Å². The topological polar surface area (TPSA) is 93.1 Å². The standard InChI is InChI=1S/C17H26N4O4.C2H6/c1-16(2,3)25-15(22)19-17(4,5)13-11-21(8-9-24-13)12-6-7-14(20-23)18-10-12;1-2/h6-7,10,13H,8-9,11H2,1-5H3,(H,19,22);1-2H3. The number of aromatic nitrogens is 1. The number of anilines is 1. The number of carbonyl (C=O) groups is 1. The number of nitrogens with zero attached hydrogens (tertiary/aromatic N) is 3. The highest BCUT2D eigenvalue weighted by molar-refractivity contribution is 5.68. The van der Waals surface area contributed by atoms with Crippen molar-refractivity contribution in [1.82, 2.24) is 10.3 Å². The summed E-state index contributed by atoms with van der Waals surface area (Å²) in [4.78, 5) is 28.7. The van der Waals surface area contributed by atoms with E-state index in [1.54, 1.807) is 18.3 Å². The van der Waals surface area contributed by atoms with Crippen molar-refractivity contribution in [2.24, 2.45) is 5.18 Å². The Morgan fingerprint density at radius 3 is 2.48 bits per heavy atom. The number of nitroso groups, excluding NO2 is 1. The van der Waals surface area contributed by atoms with Gasteiger partial charge in [-0.1, -0.05) is 13.8 Å². The number of morpholine rings is 1. The predicted molar refractivity (Wildman–Crippen MR) is 106 cm³/mol. The molecule has 2 rings (SSSR count). The Hall–Kier alpha value is -2.22. The van der Waals surface area contributed by atoms with Crippen molar-refractivity contribution in [3.05, 3.63) is 23.2 Å². The van der Waals surface area contributed by atoms with Crippen molar-refractivity contribution in [1.29, 1.82) is 0 Å². The van der Waals surface area contributed by atoms with E-state index in [0.29, 0.717) is 19.7 Å². The molecule has 1 saturated heterocycles. The van der Waals surface area contributed by atoms with Crippen LogP contribution in [0.5, 0.6) is 0 Å². The third kappa shape index (κ3) is 7.13. The maximum absolute atomic E-state index is 12.1. The number of hydrogen-bond acceptors (Lipinski definition) is 7. The third-order valence-corrected chi connectivity index (χ3v) is 3.89. The van der Waals surface area contributed by atoms with Crippen LogP contribution < -0.4 is 10.2 Å². The van der Waals surface area contributed by atoms with Gasteiger partial charge in [0.1, 0.15) is 5.60 Å². The van der Waals surface area contributed by atoms with Crippen LogP contribution in [0, 0.1) is 4.91 Å². The van der Waals surface area contributed by atoms with E-state index in [1.807, 2.05) is 48.5 Å². The lowest BCUT2D eigenvalue weighted by Gasteiger charge is -2.42. The number of hydrogen-bond donors (Lipinski definition) is 1. The molecule has 8 nitrogen and oxygen atoms in total. The molecule has 0 bridgehead atoms. The van der Waals surface area contributed by atoms with Gasteiger partial charge in [-0.05, 0) is 51.9 Å². The summed E-state index contributed by atoms with van der Waals surface area (Å²) in [5.74, 6) is 0.153. The average Bonchev–Trinajstić information content (AvgIpc) is 2.61. The second-order valence-corrected chi connectivity index (χ2v) is 7.62. The molecule has 1 aromatic rings. The minimum absolute atomic E-state index is 0.153. The SMILES string of the molecule is CC.CC(C)(C)OC(=O)NC(C)(C)C1CN(c2ccc(N=O)nc2)CCO1. The number of carbonyl (C=O) groups excluding carboxylic acids is 1. The fourth-order valence-electron chi connectivity index (χ4n) is 2.59. The Morgan fingerprint density at radius 2 is 1.96 bits per heavy atom. The highest BCUT2D eigenvalue weighted by Crippen LogP contribution is 2.24. The molecule has 1 aliphatic heterocycles. The van der Waals surface area contributed by atoms with Crippen molar-refractivity contribution in [2.75, 3.05) is 24.6 Å². The monoisotopic (exact) mass is 380 g/mol. The Morgan fingerprint density at radius 1 is 1.30 bits per heavy atom. The average molecular weight is 380 g/mol. The zero-order chi connectivity index (χ0) is 20.7. The minimum atomic E-state index is -0.612. The first-order valence-corrected chi connectivity index (χ1v) is 9.28. The molecule has 1 fully saturated rings. The van der Waals surface area contributed by atoms with E-state index in [4.69, 9.17) is 9.47 Å². The summed E-state index contributed by atoms with van der Waals surface area (Å²) < 4.78 is 11.2. The van der Waals surface area contributed by atoms with Gasteiger partial charge in [-0.15, -0.1) is 4.91 Å². The lowest BCUT2D eigenvalue weighted by molar-refractivity contribution is -0.0189. The Bertz CT molecular complexity index is 611. The number of alkyl carbamates (subject to hydrolysis) is 1. The van der Waals surface area contributed by atoms with Crippen LogP contribution in [-0.4, -0.2) is 48.0 Å². The Labute approximate surface area is 161 Å². The first-order valence-electron chi connectivity index (χ1n) is 9.28. The van der Waals surface area contributed by atoms with Crippen molar-refractivity contribution in [3.8, 4) is 0 Å². The predicted octanol–water partition coefficient (Wildman–Crippen LogP) is 4.01. The van der Waals surface area contributed by atoms with Gasteiger partial charge in [0.15, 0.2) is 5.82 Å². The summed E-state index contributed by atoms with van der Waals surface area (Å²) >= 11 is 0. The molecule has 27 heavy (non-hydrogen) atoms. The van der Waals surface area contributed by atoms with E-state index in [0.717, 1.165) is 5.69 Å². The van der Waals surface area contributed by atoms with Crippen LogP contribution in [0.25, 0.3) is 0 Å². The van der Waals surface area contributed by atoms with Gasteiger partial charge in [0, 0.05) is 13.1 Å². The summed E-state index contributed by atoms with van der Waals surface area (Å²) in [5.41, 5.74) is -0.285. The second-order valence-electron chi connectivity index (χ2n) is 7.62. The lowest BCUT2D eigenvalue weighted by atomic mass is 9.95. The van der Waals surface area contributed by atoms with Crippen LogP contribution >= 0.6 is 0 Å². The fraction of sp³-hybridized carbons (Fsp3) is 0.684. The van der Waals surface area contributed by atoms with Crippen LogP contribution in [0.3, 0.4) is 0 Å². The molecule has 0 radical (unpaired) electrons. The molecule has 0 aromatic carbocycles. The van der Waals surface area contributed by atoms with Gasteiger partial charge in [-0.3, -0.25) is 0 Å². The van der Waals surface area contributed by atoms with Gasteiger partial charge < -0.3 is 19.7 Å². The van der Waals surface area contributed by atoms with Gasteiger partial charge in [0.05, 0.1) is 30.1 Å². The van der Waals surface area contributed by atoms with Crippen LogP contribution in [0.4, 0.5) is 16.3 Å². The second kappa shape index (κ2) is 9.64. The van der Waals surface area contributed by atoms with Crippen molar-refractivity contribution >= 4 is 17.6 Å². The zero-order valence-corrected chi connectivity index (χ0v) is 17.4. The molecule has 0 aliphatic carbocycles. The molecule has 1 aliphatic rings. The van der Waals surface area contributed by atoms with Crippen LogP contribution in [0.1, 0.15) is 48.5 Å². The molecule has 1 N–H and O–H groups in total. The molecule has 0 saturated carbocycles. The van der Waals surface area contributed by atoms with E-state index >= 15 is 0 Å². The van der Waals surface area contributed by atoms with E-state index in [9.17, 15) is 9.70 Å². The molecule has 152 valence electrons. The summed E-state index contributed by atoms with van der Waals surface area (Å²) in [5, 5.41) is 5.70. The Kier molecular flexibility index (Phi) is 8.15. The van der Waals surface area contributed by atoms with Gasteiger partial charge in [-0.25, -0.2) is 9.78 Å². The number of amides is 1. The van der Waals surface area contributed by atoms with Gasteiger partial charge in [-0.2, -0.15) is 0 Å². The van der Waals surface area contributed by atoms with E-state index in [1.165, 1.54) is 0 Å². The highest BCUT2D eigenvalue weighted by Gasteiger charge is 2.37. The first-order chi connectivity index (χ1) is 12.6. The molecular weight excluding hydrogens is 348 g/mol. The number of pyridine rings is 1. The van der Waals surface area contributed by atoms with Gasteiger partial charge in [0.2, 0.25) is 0 Å². The van der Waals surface area contributed by atoms with E-state index < -0.39 is 17.2 Å². The zero-order valence-electron chi connectivity index (χ0n) is 17.4. The van der Waals surface area contributed by atoms with Crippen molar-refractivity contribution in [3.63, 3.8) is 0 Å². The van der Waals surface area contributed by atoms with Gasteiger partial charge >= 0.3 is 6.09 Å². The van der Waals surface area contributed by atoms with E-state index in [2.05, 4.69) is 20.4 Å². The molecule has 1 unspecified atom stereocenters. The van der Waals surface area contributed by atoms with Crippen molar-refractivity contribution < 1.29 is 14.3 Å². The van der Waals surface area contributed by atoms with Crippen LogP contribution in [0.2, 0.25) is 0 Å². The maximum atomic E-state index is 12.1. The molecule has 0 spiro atoms. The molecular formula is C19H32N4O4. The smallest absolute Gasteiger partial charge is 0.408 e. The minimum Gasteiger partial charge on any atom is -0.444 e. The quantitative estimate of drug-likeness (QED) is 0.793. The summed E-state index contributed by atoms with van der Waals surface area (Å²) in [6.45, 7) is 15.1. The number of rotatable bonds is 4. The maximum Gasteiger partial charge on any atom is 0.408 e. The molecule has 1 amide bonds. The molecule has 1 aromatic heterocycles. The van der Waals surface area contributed by atoms with Crippen LogP contribution in [0.15, 0.2) is 23.5 Å². The summed E-state index contributed by atoms with van der Waals surface area (Å²) in [7, 11) is 0. The summed E-state index contributed by atoms with van der Waals surface area (Å²) in [6, 6.07) is 3.39. The lowest BCUT2D eigenvalue weighted by Crippen LogP contribution is -2.60.